The molecule has 0 spiro atoms. The fourth-order valence-corrected chi connectivity index (χ4v) is 2.03. The largest absolute Gasteiger partial charge is 0.489 e. The summed E-state index contributed by atoms with van der Waals surface area (Å²) in [4.78, 5) is 6.63. The maximum absolute atomic E-state index is 5.91. The monoisotopic (exact) mass is 235 g/mol. The van der Waals surface area contributed by atoms with Gasteiger partial charge in [0.15, 0.2) is 0 Å². The first-order chi connectivity index (χ1) is 8.15. The van der Waals surface area contributed by atoms with E-state index < -0.39 is 0 Å². The first-order valence-corrected chi connectivity index (χ1v) is 6.22. The molecular weight excluding hydrogens is 214 g/mol. The van der Waals surface area contributed by atoms with Crippen LogP contribution >= 0.6 is 0 Å². The van der Waals surface area contributed by atoms with Crippen molar-refractivity contribution in [3.63, 3.8) is 0 Å². The van der Waals surface area contributed by atoms with Crippen LogP contribution in [0.1, 0.15) is 31.5 Å². The van der Waals surface area contributed by atoms with Crippen molar-refractivity contribution >= 4 is 0 Å². The molecule has 1 atom stereocenters. The molecule has 4 heteroatoms. The van der Waals surface area contributed by atoms with E-state index in [-0.39, 0.29) is 6.04 Å². The lowest BCUT2D eigenvalue weighted by molar-refractivity contribution is 0.114. The number of nitrogens with two attached hydrogens (primary N) is 1. The summed E-state index contributed by atoms with van der Waals surface area (Å²) < 4.78 is 5.91. The van der Waals surface area contributed by atoms with Gasteiger partial charge in [-0.05, 0) is 38.9 Å². The quantitative estimate of drug-likeness (QED) is 0.864. The lowest BCUT2D eigenvalue weighted by Gasteiger charge is -2.29. The summed E-state index contributed by atoms with van der Waals surface area (Å²) in [6, 6.07) is 3.88. The molecule has 0 unspecified atom stereocenters. The van der Waals surface area contributed by atoms with Crippen molar-refractivity contribution in [3.8, 4) is 5.75 Å². The lowest BCUT2D eigenvalue weighted by Crippen LogP contribution is -2.35. The van der Waals surface area contributed by atoms with Crippen molar-refractivity contribution in [2.24, 2.45) is 5.73 Å². The molecule has 1 aliphatic rings. The minimum absolute atomic E-state index is 0.0209. The topological polar surface area (TPSA) is 51.4 Å². The van der Waals surface area contributed by atoms with Crippen LogP contribution in [-0.2, 0) is 0 Å². The summed E-state index contributed by atoms with van der Waals surface area (Å²) in [6.07, 6.45) is 4.28. The third-order valence-corrected chi connectivity index (χ3v) is 3.19. The Labute approximate surface area is 103 Å². The summed E-state index contributed by atoms with van der Waals surface area (Å²) in [5.74, 6) is 0.851. The molecule has 1 aromatic heterocycles. The van der Waals surface area contributed by atoms with Gasteiger partial charge in [0.1, 0.15) is 11.9 Å². The molecular formula is C13H21N3O. The summed E-state index contributed by atoms with van der Waals surface area (Å²) in [7, 11) is 2.15. The molecule has 2 heterocycles. The number of hydrogen-bond acceptors (Lipinski definition) is 4. The molecule has 1 fully saturated rings. The second kappa shape index (κ2) is 5.47. The Morgan fingerprint density at radius 2 is 2.12 bits per heavy atom. The van der Waals surface area contributed by atoms with Gasteiger partial charge in [0.2, 0.25) is 0 Å². The zero-order valence-corrected chi connectivity index (χ0v) is 10.6. The highest BCUT2D eigenvalue weighted by atomic mass is 16.5. The van der Waals surface area contributed by atoms with E-state index in [1.165, 1.54) is 0 Å². The number of rotatable bonds is 3. The van der Waals surface area contributed by atoms with Crippen LogP contribution in [0.5, 0.6) is 5.75 Å². The molecule has 4 nitrogen and oxygen atoms in total. The minimum Gasteiger partial charge on any atom is -0.489 e. The van der Waals surface area contributed by atoms with Crippen molar-refractivity contribution in [2.45, 2.75) is 31.9 Å². The average Bonchev–Trinajstić information content (AvgIpc) is 2.33. The number of ether oxygens (including phenoxy) is 1. The molecule has 17 heavy (non-hydrogen) atoms. The van der Waals surface area contributed by atoms with Crippen LogP contribution in [0.15, 0.2) is 18.3 Å². The number of hydrogen-bond donors (Lipinski definition) is 1. The average molecular weight is 235 g/mol. The van der Waals surface area contributed by atoms with E-state index in [1.807, 2.05) is 19.1 Å². The van der Waals surface area contributed by atoms with Crippen molar-refractivity contribution in [2.75, 3.05) is 20.1 Å². The molecule has 0 amide bonds. The smallest absolute Gasteiger partial charge is 0.138 e. The molecule has 0 aromatic carbocycles. The van der Waals surface area contributed by atoms with Gasteiger partial charge in [-0.2, -0.15) is 0 Å². The van der Waals surface area contributed by atoms with Gasteiger partial charge < -0.3 is 15.4 Å². The Balaban J connectivity index is 1.90. The molecule has 2 rings (SSSR count). The summed E-state index contributed by atoms with van der Waals surface area (Å²) >= 11 is 0. The van der Waals surface area contributed by atoms with Crippen molar-refractivity contribution < 1.29 is 4.74 Å². The van der Waals surface area contributed by atoms with Crippen LogP contribution in [0.25, 0.3) is 0 Å². The number of likely N-dealkylation sites (tertiary alicyclic amines) is 1. The van der Waals surface area contributed by atoms with Crippen LogP contribution in [0.2, 0.25) is 0 Å². The number of piperidine rings is 1. The fraction of sp³-hybridized carbons (Fsp3) is 0.615. The van der Waals surface area contributed by atoms with Gasteiger partial charge in [-0.25, -0.2) is 0 Å². The molecule has 0 radical (unpaired) electrons. The van der Waals surface area contributed by atoms with E-state index >= 15 is 0 Å². The predicted octanol–water partition coefficient (Wildman–Crippen LogP) is 1.57. The highest BCUT2D eigenvalue weighted by Crippen LogP contribution is 2.18. The van der Waals surface area contributed by atoms with Crippen LogP contribution in [0, 0.1) is 0 Å². The Hall–Kier alpha value is -1.13. The molecule has 1 aliphatic heterocycles. The molecule has 2 N–H and O–H groups in total. The van der Waals surface area contributed by atoms with Crippen molar-refractivity contribution in [3.05, 3.63) is 24.0 Å². The van der Waals surface area contributed by atoms with Crippen LogP contribution in [0.4, 0.5) is 0 Å². The third-order valence-electron chi connectivity index (χ3n) is 3.19. The van der Waals surface area contributed by atoms with Crippen LogP contribution in [-0.4, -0.2) is 36.1 Å². The Morgan fingerprint density at radius 1 is 1.41 bits per heavy atom. The second-order valence-electron chi connectivity index (χ2n) is 4.83. The summed E-state index contributed by atoms with van der Waals surface area (Å²) in [6.45, 7) is 4.14. The Kier molecular flexibility index (Phi) is 3.97. The maximum Gasteiger partial charge on any atom is 0.138 e. The summed E-state index contributed by atoms with van der Waals surface area (Å²) in [5, 5.41) is 0. The first-order valence-electron chi connectivity index (χ1n) is 6.22. The van der Waals surface area contributed by atoms with E-state index in [9.17, 15) is 0 Å². The second-order valence-corrected chi connectivity index (χ2v) is 4.83. The molecule has 94 valence electrons. The molecule has 0 aliphatic carbocycles. The van der Waals surface area contributed by atoms with E-state index in [2.05, 4.69) is 16.9 Å². The van der Waals surface area contributed by atoms with E-state index in [0.717, 1.165) is 37.4 Å². The number of pyridine rings is 1. The highest BCUT2D eigenvalue weighted by molar-refractivity contribution is 5.21. The van der Waals surface area contributed by atoms with Crippen molar-refractivity contribution in [1.29, 1.82) is 0 Å². The van der Waals surface area contributed by atoms with E-state index in [0.29, 0.717) is 6.10 Å². The minimum atomic E-state index is -0.0209. The number of nitrogens with zero attached hydrogens (tertiary/aromatic N) is 2. The molecule has 1 saturated heterocycles. The number of aromatic nitrogens is 1. The maximum atomic E-state index is 5.91. The predicted molar refractivity (Wildman–Crippen MR) is 68.0 cm³/mol. The third kappa shape index (κ3) is 3.41. The highest BCUT2D eigenvalue weighted by Gasteiger charge is 2.18. The normalized spacial score (nSPS) is 20.2. The van der Waals surface area contributed by atoms with Gasteiger partial charge in [-0.3, -0.25) is 4.98 Å². The first kappa shape index (κ1) is 12.3. The van der Waals surface area contributed by atoms with Crippen LogP contribution < -0.4 is 10.5 Å². The summed E-state index contributed by atoms with van der Waals surface area (Å²) in [5.41, 5.74) is 6.66. The zero-order chi connectivity index (χ0) is 12.3. The van der Waals surface area contributed by atoms with E-state index in [4.69, 9.17) is 10.5 Å². The molecule has 0 saturated carbocycles. The Morgan fingerprint density at radius 3 is 2.65 bits per heavy atom. The Bertz CT molecular complexity index is 342. The van der Waals surface area contributed by atoms with Crippen LogP contribution in [0.3, 0.4) is 0 Å². The van der Waals surface area contributed by atoms with Gasteiger partial charge in [-0.15, -0.1) is 0 Å². The molecule has 1 aromatic rings. The van der Waals surface area contributed by atoms with Gasteiger partial charge >= 0.3 is 0 Å². The standard InChI is InChI=1S/C13H21N3O/c1-10(14)13-4-3-12(9-15-13)17-11-5-7-16(2)8-6-11/h3-4,9-11H,5-8,14H2,1-2H3/t10-/m0/s1. The lowest BCUT2D eigenvalue weighted by atomic mass is 10.1. The van der Waals surface area contributed by atoms with Gasteiger partial charge in [0.05, 0.1) is 11.9 Å². The van der Waals surface area contributed by atoms with Gasteiger partial charge in [0.25, 0.3) is 0 Å². The zero-order valence-electron chi connectivity index (χ0n) is 10.6. The van der Waals surface area contributed by atoms with E-state index in [1.54, 1.807) is 6.20 Å². The van der Waals surface area contributed by atoms with Gasteiger partial charge in [-0.1, -0.05) is 0 Å². The molecule has 0 bridgehead atoms. The van der Waals surface area contributed by atoms with Crippen molar-refractivity contribution in [1.82, 2.24) is 9.88 Å². The van der Waals surface area contributed by atoms with Gasteiger partial charge in [0, 0.05) is 19.1 Å². The fourth-order valence-electron chi connectivity index (χ4n) is 2.03. The SMILES string of the molecule is C[C@H](N)c1ccc(OC2CCN(C)CC2)cn1.